The van der Waals surface area contributed by atoms with E-state index in [-0.39, 0.29) is 0 Å². The summed E-state index contributed by atoms with van der Waals surface area (Å²) in [6.07, 6.45) is 2.95. The minimum absolute atomic E-state index is 0.667. The molecule has 1 aliphatic heterocycles. The molecule has 17 heavy (non-hydrogen) atoms. The van der Waals surface area contributed by atoms with Crippen molar-refractivity contribution in [2.45, 2.75) is 25.9 Å². The van der Waals surface area contributed by atoms with Crippen LogP contribution < -0.4 is 10.1 Å². The monoisotopic (exact) mass is 235 g/mol. The molecule has 4 nitrogen and oxygen atoms in total. The summed E-state index contributed by atoms with van der Waals surface area (Å²) in [5.74, 6) is 0.751. The second-order valence-corrected chi connectivity index (χ2v) is 4.45. The molecule has 0 saturated carbocycles. The first kappa shape index (κ1) is 12.3. The third kappa shape index (κ3) is 2.96. The molecule has 0 radical (unpaired) electrons. The summed E-state index contributed by atoms with van der Waals surface area (Å²) in [5.41, 5.74) is 1.18. The molecule has 0 spiro atoms. The van der Waals surface area contributed by atoms with Gasteiger partial charge in [-0.1, -0.05) is 13.0 Å². The van der Waals surface area contributed by atoms with Crippen LogP contribution in [0.25, 0.3) is 0 Å². The summed E-state index contributed by atoms with van der Waals surface area (Å²) < 4.78 is 5.30. The van der Waals surface area contributed by atoms with E-state index in [0.717, 1.165) is 32.1 Å². The van der Waals surface area contributed by atoms with Gasteiger partial charge in [0.1, 0.15) is 0 Å². The zero-order valence-electron chi connectivity index (χ0n) is 10.6. The number of nitrogens with one attached hydrogen (secondary N) is 1. The van der Waals surface area contributed by atoms with Crippen LogP contribution in [0.15, 0.2) is 18.3 Å². The predicted molar refractivity (Wildman–Crippen MR) is 68.1 cm³/mol. The van der Waals surface area contributed by atoms with Gasteiger partial charge in [-0.05, 0) is 19.0 Å². The molecule has 2 heterocycles. The number of pyridine rings is 1. The number of hydrogen-bond acceptors (Lipinski definition) is 4. The fourth-order valence-electron chi connectivity index (χ4n) is 2.16. The zero-order valence-corrected chi connectivity index (χ0v) is 10.6. The molecular weight excluding hydrogens is 214 g/mol. The van der Waals surface area contributed by atoms with Gasteiger partial charge in [0.2, 0.25) is 5.88 Å². The normalized spacial score (nSPS) is 15.9. The van der Waals surface area contributed by atoms with Crippen molar-refractivity contribution in [1.82, 2.24) is 15.2 Å². The van der Waals surface area contributed by atoms with Crippen molar-refractivity contribution in [1.29, 1.82) is 0 Å². The van der Waals surface area contributed by atoms with Crippen molar-refractivity contribution >= 4 is 0 Å². The topological polar surface area (TPSA) is 37.4 Å². The van der Waals surface area contributed by atoms with Crippen molar-refractivity contribution in [2.24, 2.45) is 0 Å². The predicted octanol–water partition coefficient (Wildman–Crippen LogP) is 1.27. The minimum atomic E-state index is 0.667. The van der Waals surface area contributed by atoms with Crippen molar-refractivity contribution in [3.8, 4) is 5.88 Å². The second-order valence-electron chi connectivity index (χ2n) is 4.45. The van der Waals surface area contributed by atoms with E-state index in [2.05, 4.69) is 28.2 Å². The smallest absolute Gasteiger partial charge is 0.217 e. The van der Waals surface area contributed by atoms with Gasteiger partial charge in [0, 0.05) is 37.4 Å². The first-order valence-electron chi connectivity index (χ1n) is 6.27. The van der Waals surface area contributed by atoms with E-state index in [4.69, 9.17) is 4.74 Å². The summed E-state index contributed by atoms with van der Waals surface area (Å²) in [4.78, 5) is 6.76. The fourth-order valence-corrected chi connectivity index (χ4v) is 2.16. The molecule has 0 unspecified atom stereocenters. The van der Waals surface area contributed by atoms with Gasteiger partial charge in [-0.25, -0.2) is 4.98 Å². The third-order valence-electron chi connectivity index (χ3n) is 3.20. The van der Waals surface area contributed by atoms with Crippen molar-refractivity contribution in [3.05, 3.63) is 23.9 Å². The highest BCUT2D eigenvalue weighted by molar-refractivity contribution is 5.25. The first-order valence-corrected chi connectivity index (χ1v) is 6.27. The Hall–Kier alpha value is -1.13. The molecule has 1 saturated heterocycles. The maximum atomic E-state index is 5.30. The number of hydrogen-bond donors (Lipinski definition) is 1. The maximum Gasteiger partial charge on any atom is 0.217 e. The van der Waals surface area contributed by atoms with Gasteiger partial charge in [-0.3, -0.25) is 4.90 Å². The highest BCUT2D eigenvalue weighted by Gasteiger charge is 2.24. The largest absolute Gasteiger partial charge is 0.481 e. The van der Waals surface area contributed by atoms with Crippen LogP contribution in [0.1, 0.15) is 18.9 Å². The van der Waals surface area contributed by atoms with Crippen LogP contribution >= 0.6 is 0 Å². The van der Waals surface area contributed by atoms with E-state index >= 15 is 0 Å². The summed E-state index contributed by atoms with van der Waals surface area (Å²) in [5, 5.41) is 3.33. The molecule has 0 bridgehead atoms. The van der Waals surface area contributed by atoms with Crippen LogP contribution in [0, 0.1) is 0 Å². The molecule has 1 aliphatic rings. The Bertz CT molecular complexity index is 352. The van der Waals surface area contributed by atoms with E-state index in [0.29, 0.717) is 6.04 Å². The SMILES string of the molecule is CCCN(Cc1cccnc1OC)C1CNC1. The Morgan fingerprint density at radius 1 is 1.53 bits per heavy atom. The second kappa shape index (κ2) is 5.98. The maximum absolute atomic E-state index is 5.30. The van der Waals surface area contributed by atoms with Crippen LogP contribution in [0.5, 0.6) is 5.88 Å². The van der Waals surface area contributed by atoms with Gasteiger partial charge in [0.25, 0.3) is 0 Å². The minimum Gasteiger partial charge on any atom is -0.481 e. The van der Waals surface area contributed by atoms with Gasteiger partial charge in [0.15, 0.2) is 0 Å². The summed E-state index contributed by atoms with van der Waals surface area (Å²) >= 11 is 0. The third-order valence-corrected chi connectivity index (χ3v) is 3.20. The first-order chi connectivity index (χ1) is 8.35. The molecular formula is C13H21N3O. The van der Waals surface area contributed by atoms with Crippen molar-refractivity contribution < 1.29 is 4.74 Å². The average molecular weight is 235 g/mol. The summed E-state index contributed by atoms with van der Waals surface area (Å²) in [7, 11) is 1.68. The molecule has 1 fully saturated rings. The Morgan fingerprint density at radius 2 is 2.35 bits per heavy atom. The molecule has 1 N–H and O–H groups in total. The number of nitrogens with zero attached hydrogens (tertiary/aromatic N) is 2. The molecule has 0 amide bonds. The van der Waals surface area contributed by atoms with Crippen molar-refractivity contribution in [2.75, 3.05) is 26.7 Å². The molecule has 0 atom stereocenters. The molecule has 1 aromatic heterocycles. The van der Waals surface area contributed by atoms with Gasteiger partial charge in [0.05, 0.1) is 7.11 Å². The summed E-state index contributed by atoms with van der Waals surface area (Å²) in [6.45, 7) is 6.48. The van der Waals surface area contributed by atoms with Crippen molar-refractivity contribution in [3.63, 3.8) is 0 Å². The highest BCUT2D eigenvalue weighted by atomic mass is 16.5. The van der Waals surface area contributed by atoms with Gasteiger partial charge >= 0.3 is 0 Å². The lowest BCUT2D eigenvalue weighted by molar-refractivity contribution is 0.136. The number of aromatic nitrogens is 1. The van der Waals surface area contributed by atoms with Gasteiger partial charge in [-0.2, -0.15) is 0 Å². The van der Waals surface area contributed by atoms with E-state index in [1.165, 1.54) is 12.0 Å². The van der Waals surface area contributed by atoms with E-state index in [1.807, 2.05) is 6.07 Å². The average Bonchev–Trinajstić information content (AvgIpc) is 2.28. The van der Waals surface area contributed by atoms with Crippen LogP contribution in [-0.2, 0) is 6.54 Å². The standard InChI is InChI=1S/C13H21N3O/c1-3-7-16(12-8-14-9-12)10-11-5-4-6-15-13(11)17-2/h4-6,12,14H,3,7-10H2,1-2H3. The van der Waals surface area contributed by atoms with Crippen LogP contribution in [-0.4, -0.2) is 42.7 Å². The molecule has 1 aromatic rings. The molecule has 0 aliphatic carbocycles. The van der Waals surface area contributed by atoms with E-state index < -0.39 is 0 Å². The molecule has 94 valence electrons. The van der Waals surface area contributed by atoms with Crippen LogP contribution in [0.4, 0.5) is 0 Å². The lowest BCUT2D eigenvalue weighted by Crippen LogP contribution is -2.57. The van der Waals surface area contributed by atoms with Gasteiger partial charge < -0.3 is 10.1 Å². The Balaban J connectivity index is 2.05. The Labute approximate surface area is 103 Å². The summed E-state index contributed by atoms with van der Waals surface area (Å²) in [6, 6.07) is 4.74. The lowest BCUT2D eigenvalue weighted by atomic mass is 10.1. The molecule has 4 heteroatoms. The number of ether oxygens (including phenoxy) is 1. The van der Waals surface area contributed by atoms with Crippen LogP contribution in [0.2, 0.25) is 0 Å². The Kier molecular flexibility index (Phi) is 4.34. The van der Waals surface area contributed by atoms with E-state index in [1.54, 1.807) is 13.3 Å². The fraction of sp³-hybridized carbons (Fsp3) is 0.615. The Morgan fingerprint density at radius 3 is 2.94 bits per heavy atom. The van der Waals surface area contributed by atoms with Crippen LogP contribution in [0.3, 0.4) is 0 Å². The lowest BCUT2D eigenvalue weighted by Gasteiger charge is -2.38. The quantitative estimate of drug-likeness (QED) is 0.806. The van der Waals surface area contributed by atoms with E-state index in [9.17, 15) is 0 Å². The molecule has 0 aromatic carbocycles. The number of rotatable bonds is 6. The zero-order chi connectivity index (χ0) is 12.1. The van der Waals surface area contributed by atoms with Gasteiger partial charge in [-0.15, -0.1) is 0 Å². The highest BCUT2D eigenvalue weighted by Crippen LogP contribution is 2.18. The molecule has 2 rings (SSSR count). The number of methoxy groups -OCH3 is 1.